The molecule has 4 unspecified atom stereocenters. The van der Waals surface area contributed by atoms with Gasteiger partial charge in [-0.05, 0) is 76.5 Å². The maximum Gasteiger partial charge on any atom is 0.156 e. The smallest absolute Gasteiger partial charge is 0.156 e. The first-order chi connectivity index (χ1) is 10.3. The number of hydrogen-bond donors (Lipinski definition) is 1. The third-order valence-electron chi connectivity index (χ3n) is 7.89. The van der Waals surface area contributed by atoms with Crippen LogP contribution < -0.4 is 0 Å². The second kappa shape index (κ2) is 4.70. The first-order valence-electron chi connectivity index (χ1n) is 9.38. The first kappa shape index (κ1) is 15.4. The Kier molecular flexibility index (Phi) is 3.30. The van der Waals surface area contributed by atoms with Crippen LogP contribution in [0.1, 0.15) is 72.6 Å². The molecule has 0 amide bonds. The monoisotopic (exact) mass is 308 g/mol. The zero-order valence-electron chi connectivity index (χ0n) is 14.6. The van der Waals surface area contributed by atoms with E-state index in [0.717, 1.165) is 25.7 Å². The summed E-state index contributed by atoms with van der Waals surface area (Å²) in [5.74, 6) is 1.99. The average molecular weight is 308 g/mol. The molecular weight excluding hydrogens is 276 g/mol. The molecule has 3 heteroatoms. The van der Waals surface area contributed by atoms with E-state index in [9.17, 15) is 5.11 Å². The van der Waals surface area contributed by atoms with Crippen LogP contribution in [-0.4, -0.2) is 28.2 Å². The fourth-order valence-corrected chi connectivity index (χ4v) is 6.80. The summed E-state index contributed by atoms with van der Waals surface area (Å²) in [6.07, 6.45) is 7.97. The highest BCUT2D eigenvalue weighted by Gasteiger charge is 2.69. The molecule has 0 aromatic carbocycles. The summed E-state index contributed by atoms with van der Waals surface area (Å²) >= 11 is 0. The molecule has 3 nitrogen and oxygen atoms in total. The Labute approximate surface area is 134 Å². The van der Waals surface area contributed by atoms with Gasteiger partial charge >= 0.3 is 0 Å². The maximum absolute atomic E-state index is 11.0. The second-order valence-corrected chi connectivity index (χ2v) is 8.96. The van der Waals surface area contributed by atoms with Crippen LogP contribution in [0.4, 0.5) is 0 Å². The third-order valence-corrected chi connectivity index (χ3v) is 7.89. The minimum Gasteiger partial charge on any atom is -0.390 e. The molecule has 0 aromatic heterocycles. The van der Waals surface area contributed by atoms with Gasteiger partial charge in [-0.15, -0.1) is 0 Å². The van der Waals surface area contributed by atoms with Gasteiger partial charge in [-0.2, -0.15) is 0 Å². The van der Waals surface area contributed by atoms with Crippen molar-refractivity contribution in [2.75, 3.05) is 0 Å². The van der Waals surface area contributed by atoms with Crippen molar-refractivity contribution in [2.24, 2.45) is 23.7 Å². The van der Waals surface area contributed by atoms with E-state index in [1.54, 1.807) is 0 Å². The molecule has 3 aliphatic carbocycles. The molecule has 0 radical (unpaired) electrons. The van der Waals surface area contributed by atoms with Crippen molar-refractivity contribution < 1.29 is 14.6 Å². The Morgan fingerprint density at radius 2 is 1.68 bits per heavy atom. The Morgan fingerprint density at radius 3 is 2.45 bits per heavy atom. The van der Waals surface area contributed by atoms with Crippen molar-refractivity contribution in [1.29, 1.82) is 0 Å². The summed E-state index contributed by atoms with van der Waals surface area (Å²) in [5.41, 5.74) is -0.818. The molecule has 1 spiro atoms. The molecule has 1 heterocycles. The highest BCUT2D eigenvalue weighted by molar-refractivity contribution is 5.17. The van der Waals surface area contributed by atoms with E-state index in [0.29, 0.717) is 23.7 Å². The zero-order valence-corrected chi connectivity index (χ0v) is 14.6. The highest BCUT2D eigenvalue weighted by atomic mass is 16.7. The van der Waals surface area contributed by atoms with Gasteiger partial charge in [0.25, 0.3) is 0 Å². The molecule has 126 valence electrons. The van der Waals surface area contributed by atoms with Crippen LogP contribution in [0.25, 0.3) is 0 Å². The van der Waals surface area contributed by atoms with E-state index in [4.69, 9.17) is 9.47 Å². The van der Waals surface area contributed by atoms with Crippen LogP contribution in [0.2, 0.25) is 0 Å². The van der Waals surface area contributed by atoms with E-state index in [-0.39, 0.29) is 17.5 Å². The van der Waals surface area contributed by atoms with Gasteiger partial charge in [-0.25, -0.2) is 0 Å². The topological polar surface area (TPSA) is 38.7 Å². The molecule has 1 saturated heterocycles. The number of aliphatic hydroxyl groups is 1. The van der Waals surface area contributed by atoms with Crippen LogP contribution in [-0.2, 0) is 9.47 Å². The maximum atomic E-state index is 11.0. The standard InChI is InChI=1S/C19H32O3/c1-12-11-16-14(7-5-9-17(16,3)20)15-8-6-10-19(15)18(12,4)21-13(2)22-19/h12-16,20H,5-11H2,1-4H3/t12-,13?,14?,15?,16?,17+,18+,19-/m1/s1. The lowest BCUT2D eigenvalue weighted by Crippen LogP contribution is -2.56. The van der Waals surface area contributed by atoms with Gasteiger partial charge in [0.05, 0.1) is 5.60 Å². The van der Waals surface area contributed by atoms with Gasteiger partial charge in [-0.3, -0.25) is 0 Å². The molecule has 8 atom stereocenters. The van der Waals surface area contributed by atoms with E-state index in [1.165, 1.54) is 19.3 Å². The molecular formula is C19H32O3. The summed E-state index contributed by atoms with van der Waals surface area (Å²) in [6.45, 7) is 8.76. The van der Waals surface area contributed by atoms with Crippen molar-refractivity contribution in [3.05, 3.63) is 0 Å². The van der Waals surface area contributed by atoms with E-state index < -0.39 is 5.60 Å². The second-order valence-electron chi connectivity index (χ2n) is 8.96. The van der Waals surface area contributed by atoms with Crippen molar-refractivity contribution in [3.8, 4) is 0 Å². The lowest BCUT2D eigenvalue weighted by Gasteiger charge is -2.47. The Bertz CT molecular complexity index is 462. The number of rotatable bonds is 0. The number of fused-ring (bicyclic) bond motifs is 2. The molecule has 1 N–H and O–H groups in total. The van der Waals surface area contributed by atoms with Gasteiger partial charge in [0.2, 0.25) is 0 Å². The van der Waals surface area contributed by atoms with Crippen LogP contribution in [0.5, 0.6) is 0 Å². The minimum atomic E-state index is -0.512. The fraction of sp³-hybridized carbons (Fsp3) is 1.00. The van der Waals surface area contributed by atoms with Gasteiger partial charge < -0.3 is 14.6 Å². The molecule has 3 saturated carbocycles. The zero-order chi connectivity index (χ0) is 15.8. The molecule has 0 aromatic rings. The van der Waals surface area contributed by atoms with E-state index in [2.05, 4.69) is 27.7 Å². The van der Waals surface area contributed by atoms with Crippen molar-refractivity contribution in [2.45, 2.75) is 95.7 Å². The Hall–Kier alpha value is -0.120. The molecule has 22 heavy (non-hydrogen) atoms. The largest absolute Gasteiger partial charge is 0.390 e. The summed E-state index contributed by atoms with van der Waals surface area (Å²) in [4.78, 5) is 0. The summed E-state index contributed by atoms with van der Waals surface area (Å²) in [5, 5.41) is 11.0. The van der Waals surface area contributed by atoms with E-state index in [1.807, 2.05) is 0 Å². The number of ether oxygens (including phenoxy) is 2. The predicted octanol–water partition coefficient (Wildman–Crippen LogP) is 3.88. The fourth-order valence-electron chi connectivity index (χ4n) is 6.80. The third kappa shape index (κ3) is 1.79. The van der Waals surface area contributed by atoms with Crippen LogP contribution in [0, 0.1) is 23.7 Å². The number of hydrogen-bond acceptors (Lipinski definition) is 3. The highest BCUT2D eigenvalue weighted by Crippen LogP contribution is 2.64. The molecule has 4 rings (SSSR count). The lowest BCUT2D eigenvalue weighted by molar-refractivity contribution is -0.127. The first-order valence-corrected chi connectivity index (χ1v) is 9.38. The van der Waals surface area contributed by atoms with Crippen molar-refractivity contribution in [3.63, 3.8) is 0 Å². The van der Waals surface area contributed by atoms with Crippen molar-refractivity contribution >= 4 is 0 Å². The lowest BCUT2D eigenvalue weighted by atomic mass is 9.62. The van der Waals surface area contributed by atoms with Crippen LogP contribution in [0.15, 0.2) is 0 Å². The average Bonchev–Trinajstić information content (AvgIpc) is 2.93. The SMILES string of the molecule is CC1O[C@@]2(C)[C@H](C)CC3C(CCC[C@]3(C)O)C3CCC[C@@]32O1. The minimum absolute atomic E-state index is 0.0892. The molecule has 4 fully saturated rings. The van der Waals surface area contributed by atoms with E-state index >= 15 is 0 Å². The van der Waals surface area contributed by atoms with Gasteiger partial charge in [0, 0.05) is 0 Å². The summed E-state index contributed by atoms with van der Waals surface area (Å²) in [6, 6.07) is 0. The van der Waals surface area contributed by atoms with Crippen molar-refractivity contribution in [1.82, 2.24) is 0 Å². The van der Waals surface area contributed by atoms with Crippen LogP contribution in [0.3, 0.4) is 0 Å². The quantitative estimate of drug-likeness (QED) is 0.738. The summed E-state index contributed by atoms with van der Waals surface area (Å²) < 4.78 is 13.0. The Morgan fingerprint density at radius 1 is 0.955 bits per heavy atom. The molecule has 0 bridgehead atoms. The molecule has 4 aliphatic rings. The predicted molar refractivity (Wildman–Crippen MR) is 85.3 cm³/mol. The van der Waals surface area contributed by atoms with Gasteiger partial charge in [-0.1, -0.05) is 19.8 Å². The van der Waals surface area contributed by atoms with Crippen LogP contribution >= 0.6 is 0 Å². The van der Waals surface area contributed by atoms with Gasteiger partial charge in [0.1, 0.15) is 11.2 Å². The molecule has 1 aliphatic heterocycles. The normalized spacial score (nSPS) is 61.2. The van der Waals surface area contributed by atoms with Gasteiger partial charge in [0.15, 0.2) is 6.29 Å². The Balaban J connectivity index is 1.81. The summed E-state index contributed by atoms with van der Waals surface area (Å²) in [7, 11) is 0.